The molecule has 2 atom stereocenters. The number of aliphatic carboxylic acids is 1. The van der Waals surface area contributed by atoms with Crippen LogP contribution in [0.3, 0.4) is 0 Å². The van der Waals surface area contributed by atoms with E-state index in [2.05, 4.69) is 87.2 Å². The third-order valence-electron chi connectivity index (χ3n) is 12.2. The minimum absolute atomic E-state index is 0.269. The monoisotopic (exact) mass is 794 g/mol. The number of carboxylic acids is 1. The summed E-state index contributed by atoms with van der Waals surface area (Å²) in [6, 6.07) is 22.7. The highest BCUT2D eigenvalue weighted by Crippen LogP contribution is 2.40. The van der Waals surface area contributed by atoms with Crippen molar-refractivity contribution >= 4 is 39.4 Å². The van der Waals surface area contributed by atoms with Gasteiger partial charge in [-0.25, -0.2) is 4.79 Å². The van der Waals surface area contributed by atoms with Gasteiger partial charge in [0.2, 0.25) is 0 Å². The molecule has 4 aromatic carbocycles. The molecule has 0 aliphatic heterocycles. The summed E-state index contributed by atoms with van der Waals surface area (Å²) in [4.78, 5) is 34.8. The molecule has 6 rings (SSSR count). The van der Waals surface area contributed by atoms with Gasteiger partial charge >= 0.3 is 11.9 Å². The first-order valence-electron chi connectivity index (χ1n) is 21.1. The first kappa shape index (κ1) is 44.5. The van der Waals surface area contributed by atoms with E-state index in [1.807, 2.05) is 36.4 Å². The van der Waals surface area contributed by atoms with Crippen molar-refractivity contribution in [2.75, 3.05) is 7.11 Å². The van der Waals surface area contributed by atoms with Crippen LogP contribution in [-0.2, 0) is 20.9 Å². The van der Waals surface area contributed by atoms with E-state index in [0.29, 0.717) is 29.0 Å². The lowest BCUT2D eigenvalue weighted by Crippen LogP contribution is -2.39. The lowest BCUT2D eigenvalue weighted by Gasteiger charge is -2.37. The summed E-state index contributed by atoms with van der Waals surface area (Å²) < 4.78 is 17.2. The molecular weight excluding hydrogens is 729 g/mol. The fourth-order valence-corrected chi connectivity index (χ4v) is 8.25. The van der Waals surface area contributed by atoms with Gasteiger partial charge in [0.1, 0.15) is 23.6 Å². The highest BCUT2D eigenvalue weighted by Gasteiger charge is 2.31. The Labute approximate surface area is 345 Å². The summed E-state index contributed by atoms with van der Waals surface area (Å²) in [6.45, 7) is 17.8. The van der Waals surface area contributed by atoms with Crippen molar-refractivity contribution in [3.8, 4) is 11.5 Å². The van der Waals surface area contributed by atoms with Crippen molar-refractivity contribution in [3.05, 3.63) is 83.9 Å². The Balaban J connectivity index is 0.000000221. The Morgan fingerprint density at radius 1 is 0.638 bits per heavy atom. The number of carboxylic acid groups (broad SMARTS) is 1. The van der Waals surface area contributed by atoms with Gasteiger partial charge in [0.15, 0.2) is 0 Å². The van der Waals surface area contributed by atoms with E-state index < -0.39 is 24.0 Å². The smallest absolute Gasteiger partial charge is 0.328 e. The van der Waals surface area contributed by atoms with Crippen LogP contribution in [0.5, 0.6) is 11.5 Å². The van der Waals surface area contributed by atoms with Gasteiger partial charge in [0.25, 0.3) is 5.91 Å². The van der Waals surface area contributed by atoms with Gasteiger partial charge in [-0.15, -0.1) is 0 Å². The van der Waals surface area contributed by atoms with Crippen LogP contribution < -0.4 is 20.1 Å². The Morgan fingerprint density at radius 2 is 1.09 bits per heavy atom. The lowest BCUT2D eigenvalue weighted by molar-refractivity contribution is -0.142. The number of esters is 1. The molecule has 4 aromatic rings. The zero-order valence-corrected chi connectivity index (χ0v) is 36.2. The Hall–Kier alpha value is -4.63. The van der Waals surface area contributed by atoms with Crippen molar-refractivity contribution in [3.63, 3.8) is 0 Å². The molecule has 9 nitrogen and oxygen atoms in total. The fraction of sp³-hybridized carbons (Fsp3) is 0.531. The van der Waals surface area contributed by atoms with Crippen molar-refractivity contribution in [1.29, 1.82) is 0 Å². The molecule has 0 spiro atoms. The lowest BCUT2D eigenvalue weighted by atomic mass is 9.72. The number of carbonyl (C=O) groups excluding carboxylic acids is 2. The summed E-state index contributed by atoms with van der Waals surface area (Å²) >= 11 is 0. The maximum absolute atomic E-state index is 12.4. The average molecular weight is 795 g/mol. The van der Waals surface area contributed by atoms with Crippen LogP contribution >= 0.6 is 0 Å². The van der Waals surface area contributed by atoms with E-state index in [1.165, 1.54) is 32.8 Å². The first-order valence-corrected chi connectivity index (χ1v) is 21.1. The number of benzene rings is 4. The zero-order valence-electron chi connectivity index (χ0n) is 36.2. The molecule has 1 amide bonds. The highest BCUT2D eigenvalue weighted by atomic mass is 16.5. The van der Waals surface area contributed by atoms with E-state index in [0.717, 1.165) is 76.1 Å². The number of methoxy groups -OCH3 is 1. The van der Waals surface area contributed by atoms with Gasteiger partial charge in [0, 0.05) is 12.1 Å². The normalized spacial score (nSPS) is 20.9. The Bertz CT molecular complexity index is 2010. The van der Waals surface area contributed by atoms with Gasteiger partial charge in [-0.05, 0) is 157 Å². The Kier molecular flexibility index (Phi) is 14.9. The molecular formula is C49H66N2O7. The topological polar surface area (TPSA) is 123 Å². The minimum Gasteiger partial charge on any atom is -0.490 e. The van der Waals surface area contributed by atoms with Crippen LogP contribution in [0.4, 0.5) is 0 Å². The van der Waals surface area contributed by atoms with Crippen LogP contribution in [-0.4, -0.2) is 54.4 Å². The second-order valence-electron chi connectivity index (χ2n) is 18.6. The van der Waals surface area contributed by atoms with E-state index in [-0.39, 0.29) is 12.0 Å². The number of nitrogens with one attached hydrogen (secondary N) is 2. The number of hydrogen-bond donors (Lipinski definition) is 3. The number of amides is 1. The maximum Gasteiger partial charge on any atom is 0.328 e. The molecule has 9 heteroatoms. The van der Waals surface area contributed by atoms with Crippen molar-refractivity contribution in [1.82, 2.24) is 10.6 Å². The molecule has 314 valence electrons. The summed E-state index contributed by atoms with van der Waals surface area (Å²) in [5.41, 5.74) is 2.34. The van der Waals surface area contributed by atoms with Crippen LogP contribution in [0.25, 0.3) is 21.5 Å². The van der Waals surface area contributed by atoms with Crippen LogP contribution in [0.1, 0.15) is 123 Å². The number of fused-ring (bicyclic) bond motifs is 2. The van der Waals surface area contributed by atoms with Crippen molar-refractivity contribution < 1.29 is 33.7 Å². The third kappa shape index (κ3) is 12.4. The maximum atomic E-state index is 12.4. The van der Waals surface area contributed by atoms with Crippen LogP contribution in [0, 0.1) is 22.7 Å². The number of carbonyl (C=O) groups is 3. The summed E-state index contributed by atoms with van der Waals surface area (Å²) in [7, 11) is 1.30. The van der Waals surface area contributed by atoms with Gasteiger partial charge in [-0.2, -0.15) is 0 Å². The Morgan fingerprint density at radius 3 is 1.55 bits per heavy atom. The molecule has 0 aromatic heterocycles. The molecule has 3 N–H and O–H groups in total. The van der Waals surface area contributed by atoms with Crippen molar-refractivity contribution in [2.45, 2.75) is 138 Å². The highest BCUT2D eigenvalue weighted by molar-refractivity contribution is 6.00. The van der Waals surface area contributed by atoms with Crippen molar-refractivity contribution in [2.24, 2.45) is 22.7 Å². The van der Waals surface area contributed by atoms with Crippen LogP contribution in [0.2, 0.25) is 0 Å². The number of hydrogen-bond acceptors (Lipinski definition) is 7. The second-order valence-corrected chi connectivity index (χ2v) is 18.6. The van der Waals surface area contributed by atoms with Gasteiger partial charge in [0.05, 0.1) is 19.3 Å². The predicted molar refractivity (Wildman–Crippen MR) is 232 cm³/mol. The molecule has 58 heavy (non-hydrogen) atoms. The van der Waals surface area contributed by atoms with Gasteiger partial charge < -0.3 is 30.0 Å². The van der Waals surface area contributed by atoms with E-state index in [1.54, 1.807) is 19.9 Å². The largest absolute Gasteiger partial charge is 0.490 e. The molecule has 2 saturated carbocycles. The SMILES string of the molecule is CC(NCc1ccc2cc(OC3CCC(C(C)(C)C)CC3)ccc2c1)C(=O)O.COC(=O)C(C)NC(=O)c1ccc2cc(OC3CCC(C(C)(C)C)CC3)ccc2c1. The predicted octanol–water partition coefficient (Wildman–Crippen LogP) is 10.5. The average Bonchev–Trinajstić information content (AvgIpc) is 3.19. The molecule has 0 radical (unpaired) electrons. The number of ether oxygens (including phenoxy) is 3. The minimum atomic E-state index is -0.834. The first-order chi connectivity index (χ1) is 27.4. The molecule has 2 aliphatic carbocycles. The summed E-state index contributed by atoms with van der Waals surface area (Å²) in [6.07, 6.45) is 9.95. The van der Waals surface area contributed by atoms with Crippen LogP contribution in [0.15, 0.2) is 72.8 Å². The molecule has 2 unspecified atom stereocenters. The molecule has 0 bridgehead atoms. The van der Waals surface area contributed by atoms with E-state index in [4.69, 9.17) is 14.6 Å². The second kappa shape index (κ2) is 19.4. The number of rotatable bonds is 11. The van der Waals surface area contributed by atoms with Gasteiger partial charge in [-0.1, -0.05) is 71.9 Å². The molecule has 0 saturated heterocycles. The molecule has 2 fully saturated rings. The third-order valence-corrected chi connectivity index (χ3v) is 12.2. The van der Waals surface area contributed by atoms with Gasteiger partial charge in [-0.3, -0.25) is 9.59 Å². The van der Waals surface area contributed by atoms with E-state index in [9.17, 15) is 14.4 Å². The fourth-order valence-electron chi connectivity index (χ4n) is 8.25. The standard InChI is InChI=1S/C25H33NO4.C24H33NO3/c1-16(24(28)29-5)26-23(27)19-7-6-18-15-22(11-8-17(18)14-19)30-21-12-9-20(10-13-21)25(2,3)4;1-16(23(26)27)25-15-17-5-6-19-14-22(10-7-18(19)13-17)28-21-11-8-20(9-12-21)24(2,3)4/h6-8,11,14-16,20-21H,9-10,12-13H2,1-5H3,(H,26,27);5-7,10,13-14,16,20-21,25H,8-9,11-12,15H2,1-4H3,(H,26,27). The van der Waals surface area contributed by atoms with E-state index >= 15 is 0 Å². The zero-order chi connectivity index (χ0) is 42.2. The summed E-state index contributed by atoms with van der Waals surface area (Å²) in [5, 5.41) is 18.9. The molecule has 0 heterocycles. The molecule has 2 aliphatic rings. The quantitative estimate of drug-likeness (QED) is 0.128. The summed E-state index contributed by atoms with van der Waals surface area (Å²) in [5.74, 6) is 1.77.